The third kappa shape index (κ3) is 3.61. The Morgan fingerprint density at radius 2 is 1.91 bits per heavy atom. The molecular weight excluding hydrogens is 422 g/mol. The minimum absolute atomic E-state index is 0.0385. The Kier molecular flexibility index (Phi) is 5.51. The number of nitrogens with zero attached hydrogens (tertiary/aromatic N) is 1. The minimum Gasteiger partial charge on any atom is -0.481 e. The van der Waals surface area contributed by atoms with E-state index < -0.39 is 11.4 Å². The molecule has 3 atom stereocenters. The summed E-state index contributed by atoms with van der Waals surface area (Å²) in [6.07, 6.45) is 9.78. The lowest BCUT2D eigenvalue weighted by atomic mass is 9.69. The molecule has 1 aromatic carbocycles. The van der Waals surface area contributed by atoms with E-state index in [0.29, 0.717) is 38.3 Å². The first-order chi connectivity index (χ1) is 15.5. The van der Waals surface area contributed by atoms with Crippen molar-refractivity contribution in [1.29, 1.82) is 0 Å². The summed E-state index contributed by atoms with van der Waals surface area (Å²) in [5.41, 5.74) is 2.15. The molecule has 5 rings (SSSR count). The van der Waals surface area contributed by atoms with Crippen LogP contribution in [0.25, 0.3) is 10.4 Å². The predicted molar refractivity (Wildman–Crippen MR) is 125 cm³/mol. The molecular formula is C26H27NO4S. The summed E-state index contributed by atoms with van der Waals surface area (Å²) in [4.78, 5) is 29.1. The van der Waals surface area contributed by atoms with Gasteiger partial charge < -0.3 is 14.7 Å². The first-order valence-electron chi connectivity index (χ1n) is 11.1. The van der Waals surface area contributed by atoms with Crippen LogP contribution in [0.15, 0.2) is 54.6 Å². The number of ether oxygens (including phenoxy) is 1. The SMILES string of the molecule is C[C@]1(C(=O)O)Cc2sc(-c3ccc(C(=O)N4CCOCC4)cc3)cc2[C@H]1C1C=CC=CC1. The van der Waals surface area contributed by atoms with Crippen LogP contribution in [0.1, 0.15) is 40.1 Å². The third-order valence-electron chi connectivity index (χ3n) is 7.04. The topological polar surface area (TPSA) is 66.8 Å². The first-order valence-corrected chi connectivity index (χ1v) is 12.0. The lowest BCUT2D eigenvalue weighted by Crippen LogP contribution is -2.40. The van der Waals surface area contributed by atoms with Gasteiger partial charge in [0, 0.05) is 34.3 Å². The quantitative estimate of drug-likeness (QED) is 0.732. The molecule has 2 aromatic rings. The van der Waals surface area contributed by atoms with Gasteiger partial charge >= 0.3 is 5.97 Å². The van der Waals surface area contributed by atoms with Crippen LogP contribution in [-0.2, 0) is 16.0 Å². The Hall–Kier alpha value is -2.70. The van der Waals surface area contributed by atoms with Crippen LogP contribution in [0.4, 0.5) is 0 Å². The second-order valence-electron chi connectivity index (χ2n) is 9.06. The zero-order valence-electron chi connectivity index (χ0n) is 18.1. The molecule has 6 heteroatoms. The number of amides is 1. The predicted octanol–water partition coefficient (Wildman–Crippen LogP) is 4.75. The van der Waals surface area contributed by atoms with Gasteiger partial charge in [-0.1, -0.05) is 36.4 Å². The smallest absolute Gasteiger partial charge is 0.310 e. The van der Waals surface area contributed by atoms with Crippen LogP contribution < -0.4 is 0 Å². The summed E-state index contributed by atoms with van der Waals surface area (Å²) < 4.78 is 5.34. The molecule has 1 N–H and O–H groups in total. The zero-order chi connectivity index (χ0) is 22.3. The molecule has 3 aliphatic rings. The average Bonchev–Trinajstić information content (AvgIpc) is 3.35. The molecule has 166 valence electrons. The Balaban J connectivity index is 1.41. The number of hydrogen-bond acceptors (Lipinski definition) is 4. The molecule has 1 saturated heterocycles. The highest BCUT2D eigenvalue weighted by molar-refractivity contribution is 7.15. The number of hydrogen-bond donors (Lipinski definition) is 1. The number of morpholine rings is 1. The summed E-state index contributed by atoms with van der Waals surface area (Å²) in [5.74, 6) is -0.522. The maximum Gasteiger partial charge on any atom is 0.310 e. The van der Waals surface area contributed by atoms with Crippen LogP contribution in [0.3, 0.4) is 0 Å². The average molecular weight is 450 g/mol. The van der Waals surface area contributed by atoms with Crippen molar-refractivity contribution in [2.24, 2.45) is 11.3 Å². The molecule has 1 aliphatic heterocycles. The maximum absolute atomic E-state index is 12.7. The summed E-state index contributed by atoms with van der Waals surface area (Å²) in [5, 5.41) is 10.1. The minimum atomic E-state index is -0.783. The molecule has 1 unspecified atom stereocenters. The summed E-state index contributed by atoms with van der Waals surface area (Å²) in [7, 11) is 0. The highest BCUT2D eigenvalue weighted by atomic mass is 32.1. The van der Waals surface area contributed by atoms with E-state index in [-0.39, 0.29) is 17.7 Å². The normalized spacial score (nSPS) is 26.8. The number of carbonyl (C=O) groups excluding carboxylic acids is 1. The van der Waals surface area contributed by atoms with E-state index in [1.165, 1.54) is 10.4 Å². The molecule has 1 amide bonds. The molecule has 0 radical (unpaired) electrons. The van der Waals surface area contributed by atoms with Gasteiger partial charge in [0.25, 0.3) is 5.91 Å². The standard InChI is InChI=1S/C26H27NO4S/c1-26(25(29)30)16-22-20(23(26)18-5-3-2-4-6-18)15-21(32-22)17-7-9-19(10-8-17)24(28)27-11-13-31-14-12-27/h2-5,7-10,15,18,23H,6,11-14,16H2,1H3,(H,29,30)/t18?,23-,26+/m1/s1. The Labute approximate surface area is 192 Å². The van der Waals surface area contributed by atoms with Crippen LogP contribution >= 0.6 is 11.3 Å². The Morgan fingerprint density at radius 1 is 1.16 bits per heavy atom. The fraction of sp³-hybridized carbons (Fsp3) is 0.385. The van der Waals surface area contributed by atoms with E-state index in [0.717, 1.165) is 16.9 Å². The van der Waals surface area contributed by atoms with Gasteiger partial charge in [-0.2, -0.15) is 0 Å². The van der Waals surface area contributed by atoms with Gasteiger partial charge in [0.1, 0.15) is 0 Å². The molecule has 32 heavy (non-hydrogen) atoms. The lowest BCUT2D eigenvalue weighted by Gasteiger charge is -2.33. The van der Waals surface area contributed by atoms with Gasteiger partial charge in [-0.15, -0.1) is 11.3 Å². The van der Waals surface area contributed by atoms with Gasteiger partial charge in [-0.05, 0) is 55.0 Å². The van der Waals surface area contributed by atoms with Crippen LogP contribution in [0, 0.1) is 11.3 Å². The number of thiophene rings is 1. The summed E-state index contributed by atoms with van der Waals surface area (Å²) in [6, 6.07) is 9.98. The van der Waals surface area contributed by atoms with E-state index >= 15 is 0 Å². The van der Waals surface area contributed by atoms with Crippen molar-refractivity contribution in [3.05, 3.63) is 70.6 Å². The third-order valence-corrected chi connectivity index (χ3v) is 8.24. The summed E-state index contributed by atoms with van der Waals surface area (Å²) in [6.45, 7) is 4.34. The highest BCUT2D eigenvalue weighted by Crippen LogP contribution is 2.56. The van der Waals surface area contributed by atoms with Gasteiger partial charge in [-0.3, -0.25) is 9.59 Å². The van der Waals surface area contributed by atoms with E-state index in [1.54, 1.807) is 11.3 Å². The number of allylic oxidation sites excluding steroid dienone is 4. The Morgan fingerprint density at radius 3 is 2.56 bits per heavy atom. The molecule has 1 fully saturated rings. The molecule has 2 heterocycles. The fourth-order valence-corrected chi connectivity index (χ4v) is 6.64. The lowest BCUT2D eigenvalue weighted by molar-refractivity contribution is -0.149. The van der Waals surface area contributed by atoms with E-state index in [2.05, 4.69) is 18.2 Å². The maximum atomic E-state index is 12.7. The van der Waals surface area contributed by atoms with Gasteiger partial charge in [0.15, 0.2) is 0 Å². The van der Waals surface area contributed by atoms with Crippen molar-refractivity contribution in [2.45, 2.75) is 25.7 Å². The van der Waals surface area contributed by atoms with Crippen molar-refractivity contribution in [3.63, 3.8) is 0 Å². The largest absolute Gasteiger partial charge is 0.481 e. The molecule has 5 nitrogen and oxygen atoms in total. The van der Waals surface area contributed by atoms with Crippen LogP contribution in [-0.4, -0.2) is 48.2 Å². The highest BCUT2D eigenvalue weighted by Gasteiger charge is 2.51. The number of aliphatic carboxylic acids is 1. The van der Waals surface area contributed by atoms with Gasteiger partial charge in [0.05, 0.1) is 18.6 Å². The van der Waals surface area contributed by atoms with E-state index in [9.17, 15) is 14.7 Å². The summed E-state index contributed by atoms with van der Waals surface area (Å²) >= 11 is 1.69. The monoisotopic (exact) mass is 449 g/mol. The van der Waals surface area contributed by atoms with Gasteiger partial charge in [0.2, 0.25) is 0 Å². The number of carbonyl (C=O) groups is 2. The van der Waals surface area contributed by atoms with E-state index in [1.807, 2.05) is 48.2 Å². The van der Waals surface area contributed by atoms with Crippen molar-refractivity contribution in [2.75, 3.05) is 26.3 Å². The van der Waals surface area contributed by atoms with Crippen LogP contribution in [0.5, 0.6) is 0 Å². The number of carboxylic acid groups (broad SMARTS) is 1. The van der Waals surface area contributed by atoms with E-state index in [4.69, 9.17) is 4.74 Å². The molecule has 0 bridgehead atoms. The van der Waals surface area contributed by atoms with Crippen molar-refractivity contribution in [1.82, 2.24) is 4.90 Å². The van der Waals surface area contributed by atoms with Crippen molar-refractivity contribution < 1.29 is 19.4 Å². The van der Waals surface area contributed by atoms with Gasteiger partial charge in [-0.25, -0.2) is 0 Å². The Bertz CT molecular complexity index is 1090. The number of benzene rings is 1. The first kappa shape index (κ1) is 21.2. The number of carboxylic acids is 1. The van der Waals surface area contributed by atoms with Crippen molar-refractivity contribution >= 4 is 23.2 Å². The number of rotatable bonds is 4. The molecule has 0 spiro atoms. The second kappa shape index (κ2) is 8.34. The fourth-order valence-electron chi connectivity index (χ4n) is 5.26. The molecule has 0 saturated carbocycles. The molecule has 1 aromatic heterocycles. The molecule has 2 aliphatic carbocycles. The van der Waals surface area contributed by atoms with Crippen molar-refractivity contribution in [3.8, 4) is 10.4 Å². The van der Waals surface area contributed by atoms with Crippen LogP contribution in [0.2, 0.25) is 0 Å². The second-order valence-corrected chi connectivity index (χ2v) is 10.2. The zero-order valence-corrected chi connectivity index (χ0v) is 18.9. The number of fused-ring (bicyclic) bond motifs is 1.